The van der Waals surface area contributed by atoms with E-state index in [1.807, 2.05) is 0 Å². The SMILES string of the molecule is CCCNCC(C)NCC1Cc2ccccc2C1. The van der Waals surface area contributed by atoms with Gasteiger partial charge in [-0.15, -0.1) is 0 Å². The van der Waals surface area contributed by atoms with Gasteiger partial charge in [0.1, 0.15) is 0 Å². The maximum Gasteiger partial charge on any atom is 0.0164 e. The number of rotatable bonds is 7. The highest BCUT2D eigenvalue weighted by molar-refractivity contribution is 5.32. The Labute approximate surface area is 111 Å². The Balaban J connectivity index is 1.67. The molecule has 0 heterocycles. The highest BCUT2D eigenvalue weighted by Crippen LogP contribution is 2.25. The Morgan fingerprint density at radius 2 is 1.89 bits per heavy atom. The fourth-order valence-electron chi connectivity index (χ4n) is 2.73. The smallest absolute Gasteiger partial charge is 0.0164 e. The van der Waals surface area contributed by atoms with Crippen molar-refractivity contribution in [2.45, 2.75) is 39.2 Å². The predicted octanol–water partition coefficient (Wildman–Crippen LogP) is 2.38. The second-order valence-electron chi connectivity index (χ2n) is 5.56. The number of nitrogens with one attached hydrogen (secondary N) is 2. The van der Waals surface area contributed by atoms with E-state index in [2.05, 4.69) is 48.7 Å². The average molecular weight is 246 g/mol. The number of benzene rings is 1. The Morgan fingerprint density at radius 3 is 2.50 bits per heavy atom. The summed E-state index contributed by atoms with van der Waals surface area (Å²) in [5.41, 5.74) is 3.11. The standard InChI is InChI=1S/C16H26N2/c1-3-8-17-11-13(2)18-12-14-9-15-6-4-5-7-16(15)10-14/h4-7,13-14,17-18H,3,8-12H2,1-2H3. The molecule has 0 amide bonds. The van der Waals surface area contributed by atoms with Gasteiger partial charge in [0.15, 0.2) is 0 Å². The maximum absolute atomic E-state index is 3.66. The van der Waals surface area contributed by atoms with Crippen LogP contribution in [0, 0.1) is 5.92 Å². The molecule has 1 aliphatic carbocycles. The van der Waals surface area contributed by atoms with Crippen molar-refractivity contribution in [2.24, 2.45) is 5.92 Å². The van der Waals surface area contributed by atoms with Crippen molar-refractivity contribution in [1.29, 1.82) is 0 Å². The van der Waals surface area contributed by atoms with Crippen LogP contribution in [-0.2, 0) is 12.8 Å². The monoisotopic (exact) mass is 246 g/mol. The van der Waals surface area contributed by atoms with E-state index < -0.39 is 0 Å². The van der Waals surface area contributed by atoms with Crippen molar-refractivity contribution in [2.75, 3.05) is 19.6 Å². The summed E-state index contributed by atoms with van der Waals surface area (Å²) >= 11 is 0. The van der Waals surface area contributed by atoms with Crippen LogP contribution in [0.3, 0.4) is 0 Å². The lowest BCUT2D eigenvalue weighted by atomic mass is 10.1. The molecule has 18 heavy (non-hydrogen) atoms. The van der Waals surface area contributed by atoms with Gasteiger partial charge in [-0.05, 0) is 56.3 Å². The Kier molecular flexibility index (Phi) is 5.21. The topological polar surface area (TPSA) is 24.1 Å². The van der Waals surface area contributed by atoms with Gasteiger partial charge in [0.05, 0.1) is 0 Å². The second-order valence-corrected chi connectivity index (χ2v) is 5.56. The van der Waals surface area contributed by atoms with E-state index in [0.717, 1.165) is 25.6 Å². The molecule has 0 aromatic heterocycles. The number of hydrogen-bond donors (Lipinski definition) is 2. The van der Waals surface area contributed by atoms with Gasteiger partial charge in [0.25, 0.3) is 0 Å². The lowest BCUT2D eigenvalue weighted by Gasteiger charge is -2.17. The fraction of sp³-hybridized carbons (Fsp3) is 0.625. The van der Waals surface area contributed by atoms with Crippen molar-refractivity contribution >= 4 is 0 Å². The lowest BCUT2D eigenvalue weighted by Crippen LogP contribution is -2.39. The molecule has 0 fully saturated rings. The molecule has 2 rings (SSSR count). The van der Waals surface area contributed by atoms with Crippen molar-refractivity contribution in [3.63, 3.8) is 0 Å². The fourth-order valence-corrected chi connectivity index (χ4v) is 2.73. The molecule has 0 radical (unpaired) electrons. The van der Waals surface area contributed by atoms with E-state index in [0.29, 0.717) is 6.04 Å². The van der Waals surface area contributed by atoms with Crippen LogP contribution in [0.4, 0.5) is 0 Å². The number of hydrogen-bond acceptors (Lipinski definition) is 2. The summed E-state index contributed by atoms with van der Waals surface area (Å²) in [7, 11) is 0. The zero-order valence-electron chi connectivity index (χ0n) is 11.7. The molecule has 1 aliphatic rings. The van der Waals surface area contributed by atoms with Crippen molar-refractivity contribution in [3.8, 4) is 0 Å². The van der Waals surface area contributed by atoms with Crippen LogP contribution in [-0.4, -0.2) is 25.7 Å². The van der Waals surface area contributed by atoms with E-state index in [-0.39, 0.29) is 0 Å². The molecule has 1 aromatic carbocycles. The first-order chi connectivity index (χ1) is 8.79. The van der Waals surface area contributed by atoms with Crippen molar-refractivity contribution < 1.29 is 0 Å². The van der Waals surface area contributed by atoms with Gasteiger partial charge in [-0.3, -0.25) is 0 Å². The van der Waals surface area contributed by atoms with Gasteiger partial charge in [-0.25, -0.2) is 0 Å². The van der Waals surface area contributed by atoms with E-state index in [1.54, 1.807) is 11.1 Å². The third-order valence-electron chi connectivity index (χ3n) is 3.77. The van der Waals surface area contributed by atoms with E-state index in [1.165, 1.54) is 19.3 Å². The molecule has 2 nitrogen and oxygen atoms in total. The highest BCUT2D eigenvalue weighted by atomic mass is 15.0. The Morgan fingerprint density at radius 1 is 1.22 bits per heavy atom. The Hall–Kier alpha value is -0.860. The minimum atomic E-state index is 0.570. The highest BCUT2D eigenvalue weighted by Gasteiger charge is 2.20. The van der Waals surface area contributed by atoms with Crippen LogP contribution in [0.5, 0.6) is 0 Å². The van der Waals surface area contributed by atoms with Gasteiger partial charge in [0, 0.05) is 12.6 Å². The van der Waals surface area contributed by atoms with Crippen LogP contribution in [0.25, 0.3) is 0 Å². The minimum absolute atomic E-state index is 0.570. The first kappa shape index (κ1) is 13.6. The first-order valence-corrected chi connectivity index (χ1v) is 7.30. The van der Waals surface area contributed by atoms with Crippen LogP contribution in [0.2, 0.25) is 0 Å². The summed E-state index contributed by atoms with van der Waals surface area (Å²) < 4.78 is 0. The molecule has 0 aliphatic heterocycles. The van der Waals surface area contributed by atoms with E-state index >= 15 is 0 Å². The molecule has 0 bridgehead atoms. The molecule has 1 atom stereocenters. The van der Waals surface area contributed by atoms with Crippen LogP contribution >= 0.6 is 0 Å². The maximum atomic E-state index is 3.66. The summed E-state index contributed by atoms with van der Waals surface area (Å²) in [6.07, 6.45) is 3.71. The zero-order chi connectivity index (χ0) is 12.8. The molecular weight excluding hydrogens is 220 g/mol. The number of fused-ring (bicyclic) bond motifs is 1. The summed E-state index contributed by atoms with van der Waals surface area (Å²) in [6.45, 7) is 7.82. The lowest BCUT2D eigenvalue weighted by molar-refractivity contribution is 0.435. The van der Waals surface area contributed by atoms with Gasteiger partial charge < -0.3 is 10.6 Å². The van der Waals surface area contributed by atoms with E-state index in [4.69, 9.17) is 0 Å². The molecule has 100 valence electrons. The summed E-state index contributed by atoms with van der Waals surface area (Å²) in [5.74, 6) is 0.788. The largest absolute Gasteiger partial charge is 0.315 e. The molecule has 0 saturated carbocycles. The molecule has 1 unspecified atom stereocenters. The normalized spacial score (nSPS) is 16.8. The second kappa shape index (κ2) is 6.91. The van der Waals surface area contributed by atoms with Crippen LogP contribution < -0.4 is 10.6 Å². The van der Waals surface area contributed by atoms with Crippen molar-refractivity contribution in [1.82, 2.24) is 10.6 Å². The summed E-state index contributed by atoms with van der Waals surface area (Å²) in [6, 6.07) is 9.45. The molecule has 2 heteroatoms. The van der Waals surface area contributed by atoms with Crippen LogP contribution in [0.1, 0.15) is 31.4 Å². The summed E-state index contributed by atoms with van der Waals surface area (Å²) in [4.78, 5) is 0. The molecule has 1 aromatic rings. The van der Waals surface area contributed by atoms with Crippen LogP contribution in [0.15, 0.2) is 24.3 Å². The first-order valence-electron chi connectivity index (χ1n) is 7.30. The molecule has 0 spiro atoms. The molecular formula is C16H26N2. The molecule has 0 saturated heterocycles. The van der Waals surface area contributed by atoms with Gasteiger partial charge in [-0.2, -0.15) is 0 Å². The molecule has 2 N–H and O–H groups in total. The third-order valence-corrected chi connectivity index (χ3v) is 3.77. The third kappa shape index (κ3) is 3.82. The average Bonchev–Trinajstić information content (AvgIpc) is 2.79. The van der Waals surface area contributed by atoms with E-state index in [9.17, 15) is 0 Å². The Bertz CT molecular complexity index is 337. The predicted molar refractivity (Wildman–Crippen MR) is 78.0 cm³/mol. The van der Waals surface area contributed by atoms with Crippen molar-refractivity contribution in [3.05, 3.63) is 35.4 Å². The minimum Gasteiger partial charge on any atom is -0.315 e. The quantitative estimate of drug-likeness (QED) is 0.722. The zero-order valence-corrected chi connectivity index (χ0v) is 11.7. The summed E-state index contributed by atoms with van der Waals surface area (Å²) in [5, 5.41) is 7.12. The van der Waals surface area contributed by atoms with Gasteiger partial charge in [0.2, 0.25) is 0 Å². The van der Waals surface area contributed by atoms with Gasteiger partial charge in [-0.1, -0.05) is 31.2 Å². The van der Waals surface area contributed by atoms with Gasteiger partial charge >= 0.3 is 0 Å².